The second kappa shape index (κ2) is 6.07. The van der Waals surface area contributed by atoms with E-state index in [0.29, 0.717) is 0 Å². The molecule has 0 saturated heterocycles. The first-order valence-electron chi connectivity index (χ1n) is 6.08. The van der Waals surface area contributed by atoms with E-state index in [1.54, 1.807) is 0 Å². The van der Waals surface area contributed by atoms with Gasteiger partial charge in [-0.1, -0.05) is 0 Å². The van der Waals surface area contributed by atoms with Gasteiger partial charge in [-0.25, -0.2) is 13.2 Å². The summed E-state index contributed by atoms with van der Waals surface area (Å²) in [6, 6.07) is 0. The van der Waals surface area contributed by atoms with Gasteiger partial charge < -0.3 is 9.52 Å². The summed E-state index contributed by atoms with van der Waals surface area (Å²) in [5, 5.41) is 16.1. The average molecular weight is 379 g/mol. The second-order valence-electron chi connectivity index (χ2n) is 4.60. The second-order valence-corrected chi connectivity index (χ2v) is 5.40. The standard InChI is InChI=1S/C13H10BrF3N2O3/c1-4-10(15)8(12(17)9(14)11(4)16)6(3-7(20)21)13-19-18-5(2)22-13/h6H,3H2,1-2H3,(H,20,21). The molecule has 0 aliphatic carbocycles. The van der Waals surface area contributed by atoms with Crippen LogP contribution in [-0.2, 0) is 4.79 Å². The number of aryl methyl sites for hydroxylation is 1. The van der Waals surface area contributed by atoms with Crippen LogP contribution in [0.5, 0.6) is 0 Å². The molecule has 2 aromatic rings. The van der Waals surface area contributed by atoms with Gasteiger partial charge in [0.1, 0.15) is 17.5 Å². The fourth-order valence-electron chi connectivity index (χ4n) is 2.02. The Morgan fingerprint density at radius 3 is 2.36 bits per heavy atom. The number of aliphatic carboxylic acids is 1. The first-order valence-corrected chi connectivity index (χ1v) is 6.87. The Balaban J connectivity index is 2.70. The van der Waals surface area contributed by atoms with Crippen LogP contribution in [0, 0.1) is 31.3 Å². The molecule has 1 N–H and O–H groups in total. The number of carboxylic acids is 1. The van der Waals surface area contributed by atoms with Crippen LogP contribution in [0.2, 0.25) is 0 Å². The molecule has 2 rings (SSSR count). The Morgan fingerprint density at radius 2 is 1.86 bits per heavy atom. The quantitative estimate of drug-likeness (QED) is 0.650. The monoisotopic (exact) mass is 378 g/mol. The number of hydrogen-bond acceptors (Lipinski definition) is 4. The molecular formula is C13H10BrF3N2O3. The lowest BCUT2D eigenvalue weighted by Gasteiger charge is -2.16. The summed E-state index contributed by atoms with van der Waals surface area (Å²) in [7, 11) is 0. The van der Waals surface area contributed by atoms with Gasteiger partial charge >= 0.3 is 5.97 Å². The van der Waals surface area contributed by atoms with Crippen LogP contribution in [-0.4, -0.2) is 21.3 Å². The fourth-order valence-corrected chi connectivity index (χ4v) is 2.53. The highest BCUT2D eigenvalue weighted by Gasteiger charge is 2.32. The van der Waals surface area contributed by atoms with Gasteiger partial charge in [-0.15, -0.1) is 10.2 Å². The van der Waals surface area contributed by atoms with Crippen molar-refractivity contribution in [2.75, 3.05) is 0 Å². The van der Waals surface area contributed by atoms with E-state index in [2.05, 4.69) is 26.1 Å². The van der Waals surface area contributed by atoms with Crippen LogP contribution in [0.3, 0.4) is 0 Å². The van der Waals surface area contributed by atoms with Crippen molar-refractivity contribution >= 4 is 21.9 Å². The first-order chi connectivity index (χ1) is 10.2. The summed E-state index contributed by atoms with van der Waals surface area (Å²) in [5.74, 6) is -6.33. The number of halogens is 4. The van der Waals surface area contributed by atoms with Gasteiger partial charge in [0.2, 0.25) is 11.8 Å². The zero-order valence-corrected chi connectivity index (χ0v) is 13.0. The van der Waals surface area contributed by atoms with E-state index in [-0.39, 0.29) is 11.8 Å². The summed E-state index contributed by atoms with van der Waals surface area (Å²) in [4.78, 5) is 11.0. The molecule has 0 radical (unpaired) electrons. The minimum absolute atomic E-state index is 0.115. The van der Waals surface area contributed by atoms with Crippen LogP contribution < -0.4 is 0 Å². The Morgan fingerprint density at radius 1 is 1.23 bits per heavy atom. The van der Waals surface area contributed by atoms with E-state index in [9.17, 15) is 18.0 Å². The van der Waals surface area contributed by atoms with Gasteiger partial charge in [0.25, 0.3) is 0 Å². The van der Waals surface area contributed by atoms with Crippen molar-refractivity contribution in [3.8, 4) is 0 Å². The van der Waals surface area contributed by atoms with Gasteiger partial charge in [0, 0.05) is 18.1 Å². The number of nitrogens with zero attached hydrogens (tertiary/aromatic N) is 2. The third-order valence-corrected chi connectivity index (χ3v) is 3.78. The lowest BCUT2D eigenvalue weighted by atomic mass is 9.92. The maximum atomic E-state index is 14.3. The molecule has 0 aliphatic heterocycles. The van der Waals surface area contributed by atoms with Crippen LogP contribution in [0.15, 0.2) is 8.89 Å². The predicted molar refractivity (Wildman–Crippen MR) is 71.9 cm³/mol. The normalized spacial score (nSPS) is 12.5. The molecule has 1 atom stereocenters. The van der Waals surface area contributed by atoms with E-state index in [0.717, 1.165) is 6.92 Å². The Bertz CT molecular complexity index is 719. The number of rotatable bonds is 4. The van der Waals surface area contributed by atoms with Crippen molar-refractivity contribution in [1.29, 1.82) is 0 Å². The van der Waals surface area contributed by atoms with Gasteiger partial charge in [-0.3, -0.25) is 4.79 Å². The molecule has 0 spiro atoms. The lowest BCUT2D eigenvalue weighted by Crippen LogP contribution is -2.14. The largest absolute Gasteiger partial charge is 0.481 e. The topological polar surface area (TPSA) is 76.2 Å². The predicted octanol–water partition coefficient (Wildman–Crippen LogP) is 3.47. The van der Waals surface area contributed by atoms with E-state index >= 15 is 0 Å². The third kappa shape index (κ3) is 2.85. The van der Waals surface area contributed by atoms with Gasteiger partial charge in [-0.2, -0.15) is 0 Å². The lowest BCUT2D eigenvalue weighted by molar-refractivity contribution is -0.137. The Hall–Kier alpha value is -1.90. The van der Waals surface area contributed by atoms with Crippen LogP contribution >= 0.6 is 15.9 Å². The minimum Gasteiger partial charge on any atom is -0.481 e. The number of aromatic nitrogens is 2. The van der Waals surface area contributed by atoms with Gasteiger partial charge in [0.05, 0.1) is 16.8 Å². The smallest absolute Gasteiger partial charge is 0.304 e. The molecule has 1 heterocycles. The number of benzene rings is 1. The molecule has 1 unspecified atom stereocenters. The van der Waals surface area contributed by atoms with E-state index in [4.69, 9.17) is 9.52 Å². The van der Waals surface area contributed by atoms with Crippen LogP contribution in [0.4, 0.5) is 13.2 Å². The highest BCUT2D eigenvalue weighted by atomic mass is 79.9. The Kier molecular flexibility index (Phi) is 4.55. The zero-order valence-electron chi connectivity index (χ0n) is 11.5. The molecular weight excluding hydrogens is 369 g/mol. The summed E-state index contributed by atoms with van der Waals surface area (Å²) in [5.41, 5.74) is -1.06. The maximum Gasteiger partial charge on any atom is 0.304 e. The van der Waals surface area contributed by atoms with Crippen molar-refractivity contribution in [3.63, 3.8) is 0 Å². The summed E-state index contributed by atoms with van der Waals surface area (Å²) in [6.45, 7) is 2.57. The molecule has 1 aromatic carbocycles. The summed E-state index contributed by atoms with van der Waals surface area (Å²) >= 11 is 2.70. The van der Waals surface area contributed by atoms with Crippen molar-refractivity contribution < 1.29 is 27.5 Å². The Labute approximate surface area is 131 Å². The number of hydrogen-bond donors (Lipinski definition) is 1. The molecule has 22 heavy (non-hydrogen) atoms. The molecule has 0 aliphatic rings. The summed E-state index contributed by atoms with van der Waals surface area (Å²) < 4.78 is 46.8. The molecule has 0 bridgehead atoms. The van der Waals surface area contributed by atoms with E-state index in [1.807, 2.05) is 0 Å². The van der Waals surface area contributed by atoms with Crippen molar-refractivity contribution in [2.24, 2.45) is 0 Å². The average Bonchev–Trinajstić information content (AvgIpc) is 2.88. The molecule has 0 fully saturated rings. The molecule has 0 amide bonds. The van der Waals surface area contributed by atoms with Crippen molar-refractivity contribution in [3.05, 3.63) is 44.8 Å². The maximum absolute atomic E-state index is 14.3. The van der Waals surface area contributed by atoms with Crippen molar-refractivity contribution in [1.82, 2.24) is 10.2 Å². The van der Waals surface area contributed by atoms with Crippen molar-refractivity contribution in [2.45, 2.75) is 26.2 Å². The summed E-state index contributed by atoms with van der Waals surface area (Å²) in [6.07, 6.45) is -0.688. The third-order valence-electron chi connectivity index (χ3n) is 3.08. The molecule has 5 nitrogen and oxygen atoms in total. The number of carbonyl (C=O) groups is 1. The fraction of sp³-hybridized carbons (Fsp3) is 0.308. The van der Waals surface area contributed by atoms with E-state index in [1.165, 1.54) is 6.92 Å². The molecule has 9 heteroatoms. The SMILES string of the molecule is Cc1nnc(C(CC(=O)O)c2c(F)c(C)c(F)c(Br)c2F)o1. The first kappa shape index (κ1) is 16.5. The van der Waals surface area contributed by atoms with Crippen LogP contribution in [0.25, 0.3) is 0 Å². The van der Waals surface area contributed by atoms with Gasteiger partial charge in [-0.05, 0) is 22.9 Å². The van der Waals surface area contributed by atoms with Gasteiger partial charge in [0.15, 0.2) is 0 Å². The minimum atomic E-state index is -1.37. The molecule has 0 saturated carbocycles. The molecule has 1 aromatic heterocycles. The van der Waals surface area contributed by atoms with Crippen LogP contribution in [0.1, 0.15) is 35.2 Å². The number of carboxylic acid groups (broad SMARTS) is 1. The zero-order chi connectivity index (χ0) is 16.6. The van der Waals surface area contributed by atoms with E-state index < -0.39 is 51.4 Å². The molecule has 118 valence electrons. The highest BCUT2D eigenvalue weighted by molar-refractivity contribution is 9.10. The highest BCUT2D eigenvalue weighted by Crippen LogP contribution is 2.37.